The van der Waals surface area contributed by atoms with Crippen LogP contribution in [-0.2, 0) is 27.3 Å². The number of carbonyl (C=O) groups is 2. The third-order valence-electron chi connectivity index (χ3n) is 3.23. The largest absolute Gasteiger partial charge is 0.466 e. The molecule has 0 spiro atoms. The first kappa shape index (κ1) is 17.1. The molecule has 5 nitrogen and oxygen atoms in total. The SMILES string of the molecule is CCOC(=O)CCN(Cc1ccccn1)C(=O)Cc1cccs1. The van der Waals surface area contributed by atoms with E-state index in [4.69, 9.17) is 4.74 Å². The minimum absolute atomic E-state index is 0.0117. The Morgan fingerprint density at radius 1 is 1.26 bits per heavy atom. The standard InChI is InChI=1S/C17H20N2O3S/c1-2-22-17(21)8-10-19(13-14-6-3-4-9-18-14)16(20)12-15-7-5-11-23-15/h3-7,9,11H,2,8,10,12-13H2,1H3. The van der Waals surface area contributed by atoms with Gasteiger partial charge in [0.15, 0.2) is 0 Å². The van der Waals surface area contributed by atoms with Crippen molar-refractivity contribution >= 4 is 23.2 Å². The van der Waals surface area contributed by atoms with Gasteiger partial charge in [-0.3, -0.25) is 14.6 Å². The third-order valence-corrected chi connectivity index (χ3v) is 4.10. The molecular weight excluding hydrogens is 312 g/mol. The molecule has 2 aromatic rings. The zero-order valence-corrected chi connectivity index (χ0v) is 13.9. The van der Waals surface area contributed by atoms with Crippen LogP contribution < -0.4 is 0 Å². The summed E-state index contributed by atoms with van der Waals surface area (Å²) in [5.41, 5.74) is 0.802. The van der Waals surface area contributed by atoms with Crippen molar-refractivity contribution in [3.63, 3.8) is 0 Å². The van der Waals surface area contributed by atoms with Gasteiger partial charge >= 0.3 is 5.97 Å². The van der Waals surface area contributed by atoms with Crippen LogP contribution in [0, 0.1) is 0 Å². The predicted octanol–water partition coefficient (Wildman–Crippen LogP) is 2.67. The highest BCUT2D eigenvalue weighted by Crippen LogP contribution is 2.12. The lowest BCUT2D eigenvalue weighted by molar-refractivity contribution is -0.144. The maximum absolute atomic E-state index is 12.5. The van der Waals surface area contributed by atoms with Gasteiger partial charge in [-0.25, -0.2) is 0 Å². The van der Waals surface area contributed by atoms with Crippen LogP contribution in [0.5, 0.6) is 0 Å². The lowest BCUT2D eigenvalue weighted by Crippen LogP contribution is -2.34. The summed E-state index contributed by atoms with van der Waals surface area (Å²) in [6.45, 7) is 2.85. The monoisotopic (exact) mass is 332 g/mol. The lowest BCUT2D eigenvalue weighted by atomic mass is 10.2. The van der Waals surface area contributed by atoms with Crippen LogP contribution in [0.15, 0.2) is 41.9 Å². The number of ether oxygens (including phenoxy) is 1. The summed E-state index contributed by atoms with van der Waals surface area (Å²) in [4.78, 5) is 31.0. The highest BCUT2D eigenvalue weighted by Gasteiger charge is 2.17. The van der Waals surface area contributed by atoms with Crippen LogP contribution in [0.3, 0.4) is 0 Å². The molecule has 0 aliphatic rings. The molecule has 122 valence electrons. The van der Waals surface area contributed by atoms with E-state index in [2.05, 4.69) is 4.98 Å². The molecule has 0 saturated heterocycles. The third kappa shape index (κ3) is 5.83. The highest BCUT2D eigenvalue weighted by atomic mass is 32.1. The summed E-state index contributed by atoms with van der Waals surface area (Å²) in [5.74, 6) is -0.301. The number of thiophene rings is 1. The van der Waals surface area contributed by atoms with Crippen LogP contribution >= 0.6 is 11.3 Å². The van der Waals surface area contributed by atoms with Crippen molar-refractivity contribution in [3.05, 3.63) is 52.5 Å². The van der Waals surface area contributed by atoms with Crippen molar-refractivity contribution in [2.45, 2.75) is 26.3 Å². The van der Waals surface area contributed by atoms with Crippen molar-refractivity contribution in [1.29, 1.82) is 0 Å². The molecular formula is C17H20N2O3S. The van der Waals surface area contributed by atoms with Gasteiger partial charge in [0, 0.05) is 17.6 Å². The fourth-order valence-electron chi connectivity index (χ4n) is 2.11. The molecule has 6 heteroatoms. The molecule has 0 aliphatic heterocycles. The fourth-order valence-corrected chi connectivity index (χ4v) is 2.81. The van der Waals surface area contributed by atoms with Gasteiger partial charge in [-0.2, -0.15) is 0 Å². The summed E-state index contributed by atoms with van der Waals surface area (Å²) < 4.78 is 4.94. The second-order valence-electron chi connectivity index (χ2n) is 4.95. The number of pyridine rings is 1. The molecule has 0 unspecified atom stereocenters. The summed E-state index contributed by atoms with van der Waals surface area (Å²) in [6, 6.07) is 9.45. The number of hydrogen-bond donors (Lipinski definition) is 0. The maximum atomic E-state index is 12.5. The molecule has 23 heavy (non-hydrogen) atoms. The number of amides is 1. The first-order valence-electron chi connectivity index (χ1n) is 7.54. The smallest absolute Gasteiger partial charge is 0.307 e. The van der Waals surface area contributed by atoms with Gasteiger partial charge in [0.2, 0.25) is 5.91 Å². The number of nitrogens with zero attached hydrogens (tertiary/aromatic N) is 2. The van der Waals surface area contributed by atoms with E-state index in [0.29, 0.717) is 26.1 Å². The van der Waals surface area contributed by atoms with Crippen LogP contribution in [0.4, 0.5) is 0 Å². The number of aromatic nitrogens is 1. The summed E-state index contributed by atoms with van der Waals surface area (Å²) in [6.07, 6.45) is 2.23. The molecule has 0 saturated carbocycles. The maximum Gasteiger partial charge on any atom is 0.307 e. The van der Waals surface area contributed by atoms with E-state index in [1.807, 2.05) is 35.7 Å². The van der Waals surface area contributed by atoms with Crippen molar-refractivity contribution in [1.82, 2.24) is 9.88 Å². The van der Waals surface area contributed by atoms with Gasteiger partial charge in [-0.05, 0) is 30.5 Å². The molecule has 0 bridgehead atoms. The van der Waals surface area contributed by atoms with Crippen molar-refractivity contribution in [2.75, 3.05) is 13.2 Å². The summed E-state index contributed by atoms with van der Waals surface area (Å²) in [7, 11) is 0. The van der Waals surface area contributed by atoms with E-state index in [9.17, 15) is 9.59 Å². The topological polar surface area (TPSA) is 59.5 Å². The van der Waals surface area contributed by atoms with Gasteiger partial charge in [-0.15, -0.1) is 11.3 Å². The Morgan fingerprint density at radius 3 is 2.78 bits per heavy atom. The second kappa shape index (κ2) is 9.05. The number of esters is 1. The van der Waals surface area contributed by atoms with Gasteiger partial charge in [0.25, 0.3) is 0 Å². The van der Waals surface area contributed by atoms with Gasteiger partial charge in [0.05, 0.1) is 31.7 Å². The minimum atomic E-state index is -0.289. The summed E-state index contributed by atoms with van der Waals surface area (Å²) in [5, 5.41) is 1.95. The second-order valence-corrected chi connectivity index (χ2v) is 5.98. The quantitative estimate of drug-likeness (QED) is 0.697. The Balaban J connectivity index is 2.00. The Kier molecular flexibility index (Phi) is 6.75. The van der Waals surface area contributed by atoms with E-state index in [0.717, 1.165) is 10.6 Å². The molecule has 0 radical (unpaired) electrons. The zero-order valence-electron chi connectivity index (χ0n) is 13.1. The van der Waals surface area contributed by atoms with Gasteiger partial charge in [-0.1, -0.05) is 12.1 Å². The first-order valence-corrected chi connectivity index (χ1v) is 8.42. The Labute approximate surface area is 139 Å². The molecule has 2 aromatic heterocycles. The number of rotatable bonds is 8. The van der Waals surface area contributed by atoms with E-state index in [1.54, 1.807) is 29.4 Å². The van der Waals surface area contributed by atoms with E-state index >= 15 is 0 Å². The fraction of sp³-hybridized carbons (Fsp3) is 0.353. The molecule has 0 fully saturated rings. The van der Waals surface area contributed by atoms with E-state index < -0.39 is 0 Å². The predicted molar refractivity (Wildman–Crippen MR) is 88.9 cm³/mol. The van der Waals surface area contributed by atoms with E-state index in [-0.39, 0.29) is 18.3 Å². The van der Waals surface area contributed by atoms with Crippen molar-refractivity contribution in [2.24, 2.45) is 0 Å². The number of carbonyl (C=O) groups excluding carboxylic acids is 2. The van der Waals surface area contributed by atoms with Gasteiger partial charge in [0.1, 0.15) is 0 Å². The van der Waals surface area contributed by atoms with Crippen LogP contribution in [0.25, 0.3) is 0 Å². The molecule has 0 atom stereocenters. The summed E-state index contributed by atoms with van der Waals surface area (Å²) >= 11 is 1.55. The van der Waals surface area contributed by atoms with Gasteiger partial charge < -0.3 is 9.64 Å². The molecule has 2 heterocycles. The van der Waals surface area contributed by atoms with Crippen LogP contribution in [-0.4, -0.2) is 34.9 Å². The number of hydrogen-bond acceptors (Lipinski definition) is 5. The highest BCUT2D eigenvalue weighted by molar-refractivity contribution is 7.10. The van der Waals surface area contributed by atoms with Crippen LogP contribution in [0.1, 0.15) is 23.9 Å². The average molecular weight is 332 g/mol. The Bertz CT molecular complexity index is 614. The minimum Gasteiger partial charge on any atom is -0.466 e. The van der Waals surface area contributed by atoms with E-state index in [1.165, 1.54) is 0 Å². The first-order chi connectivity index (χ1) is 11.2. The average Bonchev–Trinajstić information content (AvgIpc) is 3.05. The molecule has 0 N–H and O–H groups in total. The normalized spacial score (nSPS) is 10.3. The lowest BCUT2D eigenvalue weighted by Gasteiger charge is -2.22. The van der Waals surface area contributed by atoms with Crippen molar-refractivity contribution in [3.8, 4) is 0 Å². The van der Waals surface area contributed by atoms with Crippen molar-refractivity contribution < 1.29 is 14.3 Å². The molecule has 2 rings (SSSR count). The Morgan fingerprint density at radius 2 is 2.13 bits per heavy atom. The molecule has 0 aromatic carbocycles. The molecule has 1 amide bonds. The molecule has 0 aliphatic carbocycles. The zero-order chi connectivity index (χ0) is 16.5. The Hall–Kier alpha value is -2.21. The van der Waals surface area contributed by atoms with Crippen LogP contribution in [0.2, 0.25) is 0 Å².